The van der Waals surface area contributed by atoms with E-state index < -0.39 is 0 Å². The van der Waals surface area contributed by atoms with E-state index in [2.05, 4.69) is 30.3 Å². The fourth-order valence-corrected chi connectivity index (χ4v) is 2.39. The van der Waals surface area contributed by atoms with E-state index in [9.17, 15) is 0 Å². The summed E-state index contributed by atoms with van der Waals surface area (Å²) in [5.74, 6) is 1.83. The van der Waals surface area contributed by atoms with Gasteiger partial charge in [-0.2, -0.15) is 0 Å². The lowest BCUT2D eigenvalue weighted by Gasteiger charge is -2.09. The van der Waals surface area contributed by atoms with E-state index in [1.807, 2.05) is 36.4 Å². The topological polar surface area (TPSA) is 18.5 Å². The van der Waals surface area contributed by atoms with Crippen molar-refractivity contribution in [2.45, 2.75) is 6.42 Å². The van der Waals surface area contributed by atoms with Crippen LogP contribution in [-0.2, 0) is 6.42 Å². The first-order valence-electron chi connectivity index (χ1n) is 7.10. The van der Waals surface area contributed by atoms with Crippen LogP contribution in [-0.4, -0.2) is 13.7 Å². The van der Waals surface area contributed by atoms with Crippen molar-refractivity contribution in [3.8, 4) is 11.5 Å². The molecular formula is C19H18O2. The molecule has 3 rings (SSSR count). The van der Waals surface area contributed by atoms with Crippen LogP contribution >= 0.6 is 0 Å². The van der Waals surface area contributed by atoms with E-state index in [-0.39, 0.29) is 0 Å². The van der Waals surface area contributed by atoms with Crippen LogP contribution in [0.5, 0.6) is 11.5 Å². The number of rotatable bonds is 5. The van der Waals surface area contributed by atoms with Crippen molar-refractivity contribution in [1.29, 1.82) is 0 Å². The van der Waals surface area contributed by atoms with E-state index in [0.717, 1.165) is 23.3 Å². The van der Waals surface area contributed by atoms with Gasteiger partial charge in [0.1, 0.15) is 11.5 Å². The predicted molar refractivity (Wildman–Crippen MR) is 86.1 cm³/mol. The smallest absolute Gasteiger partial charge is 0.127 e. The number of hydrogen-bond acceptors (Lipinski definition) is 2. The van der Waals surface area contributed by atoms with Gasteiger partial charge in [-0.3, -0.25) is 0 Å². The Hall–Kier alpha value is -2.48. The molecule has 0 bridgehead atoms. The van der Waals surface area contributed by atoms with Crippen LogP contribution in [0.4, 0.5) is 0 Å². The second-order valence-corrected chi connectivity index (χ2v) is 4.92. The molecule has 2 heteroatoms. The number of fused-ring (bicyclic) bond motifs is 1. The van der Waals surface area contributed by atoms with Gasteiger partial charge in [0.15, 0.2) is 0 Å². The van der Waals surface area contributed by atoms with E-state index in [1.165, 1.54) is 10.9 Å². The fraction of sp³-hybridized carbons (Fsp3) is 0.158. The highest BCUT2D eigenvalue weighted by atomic mass is 16.5. The molecule has 0 saturated carbocycles. The van der Waals surface area contributed by atoms with Gasteiger partial charge in [-0.25, -0.2) is 0 Å². The predicted octanol–water partition coefficient (Wildman–Crippen LogP) is 4.47. The van der Waals surface area contributed by atoms with Gasteiger partial charge in [0.25, 0.3) is 0 Å². The second-order valence-electron chi connectivity index (χ2n) is 4.92. The number of methoxy groups -OCH3 is 1. The van der Waals surface area contributed by atoms with Gasteiger partial charge >= 0.3 is 0 Å². The lowest BCUT2D eigenvalue weighted by molar-refractivity contribution is 0.325. The number of ether oxygens (including phenoxy) is 2. The van der Waals surface area contributed by atoms with E-state index in [0.29, 0.717) is 6.61 Å². The molecule has 0 aliphatic heterocycles. The first-order valence-corrected chi connectivity index (χ1v) is 7.10. The molecule has 0 fully saturated rings. The normalized spacial score (nSPS) is 10.5. The summed E-state index contributed by atoms with van der Waals surface area (Å²) in [4.78, 5) is 0. The Morgan fingerprint density at radius 2 is 1.57 bits per heavy atom. The van der Waals surface area contributed by atoms with Gasteiger partial charge in [0.2, 0.25) is 0 Å². The Kier molecular flexibility index (Phi) is 4.06. The molecule has 0 radical (unpaired) electrons. The maximum Gasteiger partial charge on any atom is 0.127 e. The number of hydrogen-bond donors (Lipinski definition) is 0. The van der Waals surface area contributed by atoms with Gasteiger partial charge in [-0.05, 0) is 29.1 Å². The van der Waals surface area contributed by atoms with Crippen LogP contribution in [0, 0.1) is 0 Å². The maximum atomic E-state index is 5.95. The van der Waals surface area contributed by atoms with Crippen molar-refractivity contribution < 1.29 is 9.47 Å². The molecule has 2 nitrogen and oxygen atoms in total. The molecule has 0 aromatic heterocycles. The average Bonchev–Trinajstić information content (AvgIpc) is 2.56. The van der Waals surface area contributed by atoms with Crippen LogP contribution in [0.1, 0.15) is 5.56 Å². The summed E-state index contributed by atoms with van der Waals surface area (Å²) in [7, 11) is 1.68. The summed E-state index contributed by atoms with van der Waals surface area (Å²) in [5.41, 5.74) is 1.25. The van der Waals surface area contributed by atoms with Gasteiger partial charge in [0.05, 0.1) is 13.7 Å². The Morgan fingerprint density at radius 1 is 0.810 bits per heavy atom. The average molecular weight is 278 g/mol. The minimum absolute atomic E-state index is 0.667. The Labute approximate surface area is 124 Å². The molecule has 3 aromatic carbocycles. The minimum atomic E-state index is 0.667. The maximum absolute atomic E-state index is 5.95. The highest BCUT2D eigenvalue weighted by Crippen LogP contribution is 2.25. The quantitative estimate of drug-likeness (QED) is 0.685. The van der Waals surface area contributed by atoms with Crippen molar-refractivity contribution in [2.75, 3.05) is 13.7 Å². The summed E-state index contributed by atoms with van der Waals surface area (Å²) in [6.07, 6.45) is 0.882. The van der Waals surface area contributed by atoms with Crippen molar-refractivity contribution in [1.82, 2.24) is 0 Å². The first-order chi connectivity index (χ1) is 10.4. The molecule has 106 valence electrons. The molecule has 0 N–H and O–H groups in total. The van der Waals surface area contributed by atoms with Crippen LogP contribution < -0.4 is 9.47 Å². The zero-order chi connectivity index (χ0) is 14.5. The van der Waals surface area contributed by atoms with Gasteiger partial charge in [-0.15, -0.1) is 0 Å². The second kappa shape index (κ2) is 6.31. The van der Waals surface area contributed by atoms with Crippen molar-refractivity contribution in [3.05, 3.63) is 72.3 Å². The Morgan fingerprint density at radius 3 is 2.38 bits per heavy atom. The van der Waals surface area contributed by atoms with Gasteiger partial charge in [0, 0.05) is 11.8 Å². The van der Waals surface area contributed by atoms with Crippen LogP contribution in [0.25, 0.3) is 10.8 Å². The largest absolute Gasteiger partial charge is 0.497 e. The first kappa shape index (κ1) is 13.5. The van der Waals surface area contributed by atoms with Gasteiger partial charge in [-0.1, -0.05) is 48.5 Å². The summed E-state index contributed by atoms with van der Waals surface area (Å²) in [5, 5.41) is 2.37. The van der Waals surface area contributed by atoms with Crippen LogP contribution in [0.15, 0.2) is 66.7 Å². The van der Waals surface area contributed by atoms with Crippen LogP contribution in [0.3, 0.4) is 0 Å². The van der Waals surface area contributed by atoms with E-state index in [4.69, 9.17) is 9.47 Å². The molecule has 0 aliphatic carbocycles. The minimum Gasteiger partial charge on any atom is -0.497 e. The molecule has 3 aromatic rings. The third-order valence-electron chi connectivity index (χ3n) is 3.56. The third-order valence-corrected chi connectivity index (χ3v) is 3.56. The molecule has 0 heterocycles. The number of benzene rings is 3. The standard InChI is InChI=1S/C19H18O2/c1-20-17-11-9-15(10-12-17)13-14-21-19-8-4-6-16-5-2-3-7-18(16)19/h2-12H,13-14H2,1H3. The molecule has 0 aliphatic rings. The Balaban J connectivity index is 1.66. The Bertz CT molecular complexity index is 712. The van der Waals surface area contributed by atoms with E-state index >= 15 is 0 Å². The fourth-order valence-electron chi connectivity index (χ4n) is 2.39. The highest BCUT2D eigenvalue weighted by Gasteiger charge is 2.01. The zero-order valence-electron chi connectivity index (χ0n) is 12.1. The molecule has 0 unspecified atom stereocenters. The monoisotopic (exact) mass is 278 g/mol. The van der Waals surface area contributed by atoms with Gasteiger partial charge < -0.3 is 9.47 Å². The third kappa shape index (κ3) is 3.16. The lowest BCUT2D eigenvalue weighted by atomic mass is 10.1. The molecular weight excluding hydrogens is 260 g/mol. The summed E-state index contributed by atoms with van der Waals surface area (Å²) >= 11 is 0. The molecule has 0 atom stereocenters. The molecule has 0 spiro atoms. The summed E-state index contributed by atoms with van der Waals surface area (Å²) < 4.78 is 11.1. The zero-order valence-corrected chi connectivity index (χ0v) is 12.1. The molecule has 21 heavy (non-hydrogen) atoms. The molecule has 0 amide bonds. The van der Waals surface area contributed by atoms with Crippen molar-refractivity contribution >= 4 is 10.8 Å². The summed E-state index contributed by atoms with van der Waals surface area (Å²) in [6.45, 7) is 0.667. The van der Waals surface area contributed by atoms with Crippen molar-refractivity contribution in [3.63, 3.8) is 0 Å². The van der Waals surface area contributed by atoms with E-state index in [1.54, 1.807) is 7.11 Å². The lowest BCUT2D eigenvalue weighted by Crippen LogP contribution is -2.01. The van der Waals surface area contributed by atoms with Crippen LogP contribution in [0.2, 0.25) is 0 Å². The highest BCUT2D eigenvalue weighted by molar-refractivity contribution is 5.88. The SMILES string of the molecule is COc1ccc(CCOc2cccc3ccccc23)cc1. The van der Waals surface area contributed by atoms with Crippen molar-refractivity contribution in [2.24, 2.45) is 0 Å². The summed E-state index contributed by atoms with van der Waals surface area (Å²) in [6, 6.07) is 22.6. The molecule has 0 saturated heterocycles.